The lowest BCUT2D eigenvalue weighted by atomic mass is 9.98. The van der Waals surface area contributed by atoms with Gasteiger partial charge in [-0.1, -0.05) is 29.6 Å². The minimum absolute atomic E-state index is 0.0925. The lowest BCUT2D eigenvalue weighted by Crippen LogP contribution is -2.44. The monoisotopic (exact) mass is 482 g/mol. The van der Waals surface area contributed by atoms with Crippen LogP contribution in [0.5, 0.6) is 0 Å². The second-order valence-corrected chi connectivity index (χ2v) is 9.33. The van der Waals surface area contributed by atoms with Gasteiger partial charge in [0.2, 0.25) is 11.8 Å². The van der Waals surface area contributed by atoms with Gasteiger partial charge in [-0.25, -0.2) is 0 Å². The van der Waals surface area contributed by atoms with Crippen LogP contribution in [0.25, 0.3) is 0 Å². The lowest BCUT2D eigenvalue weighted by Gasteiger charge is -2.35. The highest BCUT2D eigenvalue weighted by molar-refractivity contribution is 6.35. The molecule has 2 fully saturated rings. The number of nitrogens with one attached hydrogen (secondary N) is 2. The van der Waals surface area contributed by atoms with E-state index in [1.54, 1.807) is 12.1 Å². The van der Waals surface area contributed by atoms with Crippen molar-refractivity contribution < 1.29 is 14.4 Å². The van der Waals surface area contributed by atoms with Crippen LogP contribution in [-0.4, -0.2) is 72.8 Å². The van der Waals surface area contributed by atoms with Gasteiger partial charge in [-0.15, -0.1) is 0 Å². The number of rotatable bonds is 3. The Bertz CT molecular complexity index is 820. The molecule has 0 aliphatic carbocycles. The summed E-state index contributed by atoms with van der Waals surface area (Å²) in [7, 11) is 0. The second kappa shape index (κ2) is 12.4. The van der Waals surface area contributed by atoms with Gasteiger partial charge in [-0.3, -0.25) is 19.3 Å². The van der Waals surface area contributed by atoms with Gasteiger partial charge in [-0.05, 0) is 56.8 Å². The standard InChI is InChI=1S/C23H32Cl2N4O3/c24-17-7-8-20(25)19(14-17)23(32)27-16-22(31)29-11-4-2-9-26-21(30)15-18-6-1-3-10-28(18)12-5-13-29/h7-8,14,18H,1-6,9-13,15-16H2,(H,26,30)(H,27,32). The molecule has 0 radical (unpaired) electrons. The predicted molar refractivity (Wildman–Crippen MR) is 126 cm³/mol. The SMILES string of the molecule is O=C1CC2CCCCN2CCCN(C(=O)CNC(=O)c2cc(Cl)ccc2Cl)CCCCN1. The van der Waals surface area contributed by atoms with Crippen molar-refractivity contribution in [2.24, 2.45) is 0 Å². The van der Waals surface area contributed by atoms with E-state index in [2.05, 4.69) is 15.5 Å². The number of nitrogens with zero attached hydrogens (tertiary/aromatic N) is 2. The number of benzene rings is 1. The largest absolute Gasteiger partial charge is 0.356 e. The number of carbonyl (C=O) groups excluding carboxylic acids is 3. The summed E-state index contributed by atoms with van der Waals surface area (Å²) < 4.78 is 0. The van der Waals surface area contributed by atoms with Crippen LogP contribution >= 0.6 is 23.2 Å². The van der Waals surface area contributed by atoms with Crippen molar-refractivity contribution in [1.29, 1.82) is 0 Å². The smallest absolute Gasteiger partial charge is 0.253 e. The quantitative estimate of drug-likeness (QED) is 0.693. The fourth-order valence-corrected chi connectivity index (χ4v) is 4.76. The highest BCUT2D eigenvalue weighted by Gasteiger charge is 2.25. The molecule has 2 heterocycles. The van der Waals surface area contributed by atoms with E-state index < -0.39 is 5.91 Å². The molecule has 176 valence electrons. The Balaban J connectivity index is 1.57. The van der Waals surface area contributed by atoms with Crippen LogP contribution in [0.2, 0.25) is 10.0 Å². The van der Waals surface area contributed by atoms with Gasteiger partial charge in [0.1, 0.15) is 0 Å². The van der Waals surface area contributed by atoms with Gasteiger partial charge in [-0.2, -0.15) is 0 Å². The van der Waals surface area contributed by atoms with Crippen LogP contribution in [0.4, 0.5) is 0 Å². The third kappa shape index (κ3) is 7.36. The molecule has 0 aromatic heterocycles. The van der Waals surface area contributed by atoms with Crippen LogP contribution in [0.15, 0.2) is 18.2 Å². The van der Waals surface area contributed by atoms with Gasteiger partial charge in [0, 0.05) is 43.7 Å². The highest BCUT2D eigenvalue weighted by atomic mass is 35.5. The maximum Gasteiger partial charge on any atom is 0.253 e. The first kappa shape index (κ1) is 24.8. The van der Waals surface area contributed by atoms with E-state index >= 15 is 0 Å². The first-order valence-electron chi connectivity index (χ1n) is 11.5. The molecule has 3 rings (SSSR count). The zero-order chi connectivity index (χ0) is 22.9. The molecule has 0 saturated carbocycles. The number of carbonyl (C=O) groups is 3. The Labute approximate surface area is 199 Å². The third-order valence-electron chi connectivity index (χ3n) is 6.15. The summed E-state index contributed by atoms with van der Waals surface area (Å²) in [5, 5.41) is 6.39. The summed E-state index contributed by atoms with van der Waals surface area (Å²) in [6, 6.07) is 4.95. The van der Waals surface area contributed by atoms with Crippen molar-refractivity contribution in [1.82, 2.24) is 20.4 Å². The number of fused-ring (bicyclic) bond motifs is 1. The molecular weight excluding hydrogens is 451 g/mol. The normalized spacial score (nSPS) is 21.4. The molecule has 1 aromatic rings. The summed E-state index contributed by atoms with van der Waals surface area (Å²) in [6.07, 6.45) is 6.38. The summed E-state index contributed by atoms with van der Waals surface area (Å²) in [6.45, 7) is 3.64. The minimum atomic E-state index is -0.421. The van der Waals surface area contributed by atoms with Crippen LogP contribution in [0, 0.1) is 0 Å². The topological polar surface area (TPSA) is 81.8 Å². The molecule has 2 N–H and O–H groups in total. The molecule has 1 unspecified atom stereocenters. The number of amides is 3. The van der Waals surface area contributed by atoms with Crippen molar-refractivity contribution in [3.8, 4) is 0 Å². The molecule has 2 aliphatic rings. The van der Waals surface area contributed by atoms with Crippen molar-refractivity contribution in [2.75, 3.05) is 39.3 Å². The van der Waals surface area contributed by atoms with Gasteiger partial charge >= 0.3 is 0 Å². The molecule has 2 saturated heterocycles. The van der Waals surface area contributed by atoms with Crippen molar-refractivity contribution >= 4 is 40.9 Å². The zero-order valence-electron chi connectivity index (χ0n) is 18.4. The van der Waals surface area contributed by atoms with Crippen molar-refractivity contribution in [3.63, 3.8) is 0 Å². The number of halogens is 2. The molecule has 3 amide bonds. The molecule has 1 aromatic carbocycles. The average molecular weight is 483 g/mol. The van der Waals surface area contributed by atoms with Crippen LogP contribution in [0.1, 0.15) is 55.3 Å². The first-order valence-corrected chi connectivity index (χ1v) is 12.2. The predicted octanol–water partition coefficient (Wildman–Crippen LogP) is 3.10. The maximum absolute atomic E-state index is 12.9. The van der Waals surface area contributed by atoms with E-state index in [4.69, 9.17) is 23.2 Å². The molecule has 32 heavy (non-hydrogen) atoms. The van der Waals surface area contributed by atoms with E-state index in [0.29, 0.717) is 36.1 Å². The lowest BCUT2D eigenvalue weighted by molar-refractivity contribution is -0.130. The third-order valence-corrected chi connectivity index (χ3v) is 6.71. The molecule has 9 heteroatoms. The number of hydrogen-bond acceptors (Lipinski definition) is 4. The van der Waals surface area contributed by atoms with E-state index in [1.165, 1.54) is 6.07 Å². The Morgan fingerprint density at radius 3 is 2.62 bits per heavy atom. The summed E-state index contributed by atoms with van der Waals surface area (Å²) in [5.41, 5.74) is 0.254. The van der Waals surface area contributed by atoms with E-state index in [9.17, 15) is 14.4 Å². The van der Waals surface area contributed by atoms with Gasteiger partial charge in [0.05, 0.1) is 17.1 Å². The molecule has 1 atom stereocenters. The van der Waals surface area contributed by atoms with Gasteiger partial charge < -0.3 is 15.5 Å². The zero-order valence-corrected chi connectivity index (χ0v) is 19.9. The van der Waals surface area contributed by atoms with Gasteiger partial charge in [0.25, 0.3) is 5.91 Å². The first-order chi connectivity index (χ1) is 15.4. The fourth-order valence-electron chi connectivity index (χ4n) is 4.39. The van der Waals surface area contributed by atoms with E-state index in [1.807, 2.05) is 4.90 Å². The van der Waals surface area contributed by atoms with Crippen molar-refractivity contribution in [2.45, 2.75) is 51.0 Å². The summed E-state index contributed by atoms with van der Waals surface area (Å²) >= 11 is 12.0. The number of piperidine rings is 1. The Kier molecular flexibility index (Phi) is 9.63. The van der Waals surface area contributed by atoms with Crippen LogP contribution in [0.3, 0.4) is 0 Å². The highest BCUT2D eigenvalue weighted by Crippen LogP contribution is 2.21. The van der Waals surface area contributed by atoms with Crippen LogP contribution < -0.4 is 10.6 Å². The Hall–Kier alpha value is -1.83. The Morgan fingerprint density at radius 2 is 1.78 bits per heavy atom. The van der Waals surface area contributed by atoms with E-state index in [-0.39, 0.29) is 30.0 Å². The summed E-state index contributed by atoms with van der Waals surface area (Å²) in [4.78, 5) is 41.8. The number of hydrogen-bond donors (Lipinski definition) is 2. The molecule has 7 nitrogen and oxygen atoms in total. The molecule has 0 bridgehead atoms. The van der Waals surface area contributed by atoms with Crippen molar-refractivity contribution in [3.05, 3.63) is 33.8 Å². The maximum atomic E-state index is 12.9. The molecular formula is C23H32Cl2N4O3. The fraction of sp³-hybridized carbons (Fsp3) is 0.609. The average Bonchev–Trinajstić information content (AvgIpc) is 2.79. The van der Waals surface area contributed by atoms with Gasteiger partial charge in [0.15, 0.2) is 0 Å². The summed E-state index contributed by atoms with van der Waals surface area (Å²) in [5.74, 6) is -0.419. The van der Waals surface area contributed by atoms with E-state index in [0.717, 1.165) is 51.6 Å². The Morgan fingerprint density at radius 1 is 1.03 bits per heavy atom. The second-order valence-electron chi connectivity index (χ2n) is 8.49. The molecule has 2 aliphatic heterocycles. The minimum Gasteiger partial charge on any atom is -0.356 e. The molecule has 0 spiro atoms. The van der Waals surface area contributed by atoms with Crippen LogP contribution in [-0.2, 0) is 9.59 Å².